The van der Waals surface area contributed by atoms with E-state index in [0.717, 1.165) is 59.8 Å². The number of piperidine rings is 1. The molecule has 2 aromatic carbocycles. The summed E-state index contributed by atoms with van der Waals surface area (Å²) < 4.78 is 6.31. The van der Waals surface area contributed by atoms with Crippen LogP contribution in [0.5, 0.6) is 5.75 Å². The average Bonchev–Trinajstić information content (AvgIpc) is 2.86. The first kappa shape index (κ1) is 25.0. The van der Waals surface area contributed by atoms with Crippen LogP contribution in [0, 0.1) is 0 Å². The summed E-state index contributed by atoms with van der Waals surface area (Å²) in [5, 5.41) is 4.78. The number of hydrogen-bond donors (Lipinski definition) is 1. The monoisotopic (exact) mass is 510 g/mol. The number of hydrogen-bond acceptors (Lipinski definition) is 7. The minimum Gasteiger partial charge on any atom is -0.490 e. The number of fused-ring (bicyclic) bond motifs is 1. The Bertz CT molecular complexity index is 1280. The number of nitrogens with one attached hydrogen (secondary N) is 1. The van der Waals surface area contributed by atoms with Crippen molar-refractivity contribution < 1.29 is 4.74 Å². The first-order chi connectivity index (χ1) is 16.6. The van der Waals surface area contributed by atoms with Crippen LogP contribution < -0.4 is 15.0 Å². The zero-order valence-corrected chi connectivity index (χ0v) is 21.3. The molecule has 0 aliphatic carbocycles. The number of anilines is 4. The number of aromatic nitrogens is 3. The summed E-state index contributed by atoms with van der Waals surface area (Å²) in [7, 11) is 4.09. The van der Waals surface area contributed by atoms with Crippen LogP contribution in [0.2, 0.25) is 5.02 Å². The summed E-state index contributed by atoms with van der Waals surface area (Å²) in [4.78, 5) is 17.9. The fourth-order valence-corrected chi connectivity index (χ4v) is 4.44. The van der Waals surface area contributed by atoms with Gasteiger partial charge in [-0.3, -0.25) is 0 Å². The lowest BCUT2D eigenvalue weighted by molar-refractivity contribution is 0.115. The Balaban J connectivity index is 0.00000289. The van der Waals surface area contributed by atoms with Gasteiger partial charge in [-0.25, -0.2) is 15.0 Å². The Morgan fingerprint density at radius 1 is 1.06 bits per heavy atom. The second-order valence-corrected chi connectivity index (χ2v) is 8.95. The van der Waals surface area contributed by atoms with E-state index in [0.29, 0.717) is 11.0 Å². The summed E-state index contributed by atoms with van der Waals surface area (Å²) in [6.45, 7) is 2.11. The van der Waals surface area contributed by atoms with Gasteiger partial charge in [-0.2, -0.15) is 0 Å². The van der Waals surface area contributed by atoms with Gasteiger partial charge in [0, 0.05) is 38.2 Å². The molecule has 1 N–H and O–H groups in total. The Labute approximate surface area is 216 Å². The van der Waals surface area contributed by atoms with Gasteiger partial charge >= 0.3 is 0 Å². The molecule has 0 unspecified atom stereocenters. The molecule has 0 spiro atoms. The van der Waals surface area contributed by atoms with Crippen LogP contribution in [0.15, 0.2) is 67.0 Å². The van der Waals surface area contributed by atoms with E-state index < -0.39 is 0 Å². The number of rotatable bonds is 6. The third-order valence-corrected chi connectivity index (χ3v) is 6.41. The quantitative estimate of drug-likeness (QED) is 0.336. The SMILES string of the molecule is CN1CCC(Oc2cccc3nc(Nc4ccc(N(C)c5ccccn5)c(Cl)c4)ncc23)CC1.Cl. The third-order valence-electron chi connectivity index (χ3n) is 6.10. The Morgan fingerprint density at radius 3 is 2.63 bits per heavy atom. The topological polar surface area (TPSA) is 66.4 Å². The number of pyridine rings is 1. The maximum Gasteiger partial charge on any atom is 0.227 e. The Hall–Kier alpha value is -3.13. The maximum absolute atomic E-state index is 6.59. The van der Waals surface area contributed by atoms with E-state index in [1.807, 2.05) is 72.7 Å². The van der Waals surface area contributed by atoms with Crippen molar-refractivity contribution in [2.45, 2.75) is 18.9 Å². The molecule has 9 heteroatoms. The molecule has 35 heavy (non-hydrogen) atoms. The lowest BCUT2D eigenvalue weighted by Crippen LogP contribution is -2.35. The number of halogens is 2. The van der Waals surface area contributed by atoms with Crippen molar-refractivity contribution in [1.82, 2.24) is 19.9 Å². The van der Waals surface area contributed by atoms with Crippen molar-refractivity contribution in [3.8, 4) is 5.75 Å². The Morgan fingerprint density at radius 2 is 1.89 bits per heavy atom. The number of benzene rings is 2. The molecule has 1 aliphatic heterocycles. The van der Waals surface area contributed by atoms with Crippen LogP contribution in [-0.4, -0.2) is 53.1 Å². The van der Waals surface area contributed by atoms with Crippen LogP contribution in [0.25, 0.3) is 10.9 Å². The summed E-state index contributed by atoms with van der Waals surface area (Å²) in [6, 6.07) is 17.5. The second kappa shape index (κ2) is 11.1. The van der Waals surface area contributed by atoms with Gasteiger partial charge in [-0.15, -0.1) is 12.4 Å². The summed E-state index contributed by atoms with van der Waals surface area (Å²) in [5.74, 6) is 2.16. The molecular formula is C26H28Cl2N6O. The second-order valence-electron chi connectivity index (χ2n) is 8.54. The normalized spacial score (nSPS) is 14.4. The van der Waals surface area contributed by atoms with Gasteiger partial charge in [0.15, 0.2) is 0 Å². The smallest absolute Gasteiger partial charge is 0.227 e. The minimum atomic E-state index is 0. The lowest BCUT2D eigenvalue weighted by atomic mass is 10.1. The van der Waals surface area contributed by atoms with Gasteiger partial charge in [0.25, 0.3) is 0 Å². The van der Waals surface area contributed by atoms with Crippen LogP contribution in [0.4, 0.5) is 23.1 Å². The van der Waals surface area contributed by atoms with Gasteiger partial charge in [0.1, 0.15) is 17.7 Å². The van der Waals surface area contributed by atoms with Crippen molar-refractivity contribution in [3.63, 3.8) is 0 Å². The number of ether oxygens (including phenoxy) is 1. The van der Waals surface area contributed by atoms with Crippen molar-refractivity contribution in [2.24, 2.45) is 0 Å². The molecule has 4 aromatic rings. The highest BCUT2D eigenvalue weighted by atomic mass is 35.5. The van der Waals surface area contributed by atoms with Gasteiger partial charge in [0.05, 0.1) is 21.6 Å². The lowest BCUT2D eigenvalue weighted by Gasteiger charge is -2.29. The molecule has 5 rings (SSSR count). The van der Waals surface area contributed by atoms with Crippen LogP contribution in [0.3, 0.4) is 0 Å². The van der Waals surface area contributed by atoms with E-state index in [9.17, 15) is 0 Å². The van der Waals surface area contributed by atoms with Crippen molar-refractivity contribution >= 4 is 58.1 Å². The standard InChI is InChI=1S/C26H27ClN6O.ClH/c1-32-14-11-19(12-15-32)34-24-7-5-6-22-20(24)17-29-26(31-22)30-18-9-10-23(21(27)16-18)33(2)25-8-3-4-13-28-25;/h3-10,13,16-17,19H,11-12,14-15H2,1-2H3,(H,29,30,31);1H. The Kier molecular flexibility index (Phi) is 7.90. The number of nitrogens with zero attached hydrogens (tertiary/aromatic N) is 5. The molecule has 0 radical (unpaired) electrons. The predicted octanol–water partition coefficient (Wildman–Crippen LogP) is 6.08. The zero-order chi connectivity index (χ0) is 23.5. The summed E-state index contributed by atoms with van der Waals surface area (Å²) in [6.07, 6.45) is 5.86. The highest BCUT2D eigenvalue weighted by Gasteiger charge is 2.19. The van der Waals surface area contributed by atoms with Crippen LogP contribution >= 0.6 is 24.0 Å². The molecular weight excluding hydrogens is 483 g/mol. The van der Waals surface area contributed by atoms with E-state index >= 15 is 0 Å². The molecule has 0 bridgehead atoms. The average molecular weight is 511 g/mol. The van der Waals surface area contributed by atoms with Gasteiger partial charge < -0.3 is 19.9 Å². The van der Waals surface area contributed by atoms with Gasteiger partial charge in [-0.1, -0.05) is 23.7 Å². The minimum absolute atomic E-state index is 0. The highest BCUT2D eigenvalue weighted by molar-refractivity contribution is 6.33. The fourth-order valence-electron chi connectivity index (χ4n) is 4.13. The van der Waals surface area contributed by atoms with E-state index in [1.54, 1.807) is 6.20 Å². The largest absolute Gasteiger partial charge is 0.490 e. The molecule has 0 saturated carbocycles. The predicted molar refractivity (Wildman–Crippen MR) is 145 cm³/mol. The van der Waals surface area contributed by atoms with Crippen molar-refractivity contribution in [3.05, 3.63) is 72.0 Å². The molecule has 0 atom stereocenters. The van der Waals surface area contributed by atoms with Crippen molar-refractivity contribution in [2.75, 3.05) is 37.4 Å². The summed E-state index contributed by atoms with van der Waals surface area (Å²) >= 11 is 6.59. The van der Waals surface area contributed by atoms with E-state index in [4.69, 9.17) is 21.3 Å². The van der Waals surface area contributed by atoms with E-state index in [1.165, 1.54) is 0 Å². The fraction of sp³-hybridized carbons (Fsp3) is 0.269. The van der Waals surface area contributed by atoms with Gasteiger partial charge in [0.2, 0.25) is 5.95 Å². The van der Waals surface area contributed by atoms with Crippen molar-refractivity contribution in [1.29, 1.82) is 0 Å². The van der Waals surface area contributed by atoms with E-state index in [-0.39, 0.29) is 18.5 Å². The molecule has 3 heterocycles. The molecule has 2 aromatic heterocycles. The first-order valence-electron chi connectivity index (χ1n) is 11.4. The van der Waals surface area contributed by atoms with E-state index in [2.05, 4.69) is 27.2 Å². The first-order valence-corrected chi connectivity index (χ1v) is 11.8. The molecule has 0 amide bonds. The molecule has 182 valence electrons. The zero-order valence-electron chi connectivity index (χ0n) is 19.7. The molecule has 1 saturated heterocycles. The van der Waals surface area contributed by atoms with Crippen LogP contribution in [0.1, 0.15) is 12.8 Å². The van der Waals surface area contributed by atoms with Gasteiger partial charge in [-0.05, 0) is 62.4 Å². The molecule has 1 fully saturated rings. The third kappa shape index (κ3) is 5.75. The highest BCUT2D eigenvalue weighted by Crippen LogP contribution is 2.33. The van der Waals surface area contributed by atoms with Crippen LogP contribution in [-0.2, 0) is 0 Å². The number of likely N-dealkylation sites (tertiary alicyclic amines) is 1. The molecule has 1 aliphatic rings. The molecule has 7 nitrogen and oxygen atoms in total. The summed E-state index contributed by atoms with van der Waals surface area (Å²) in [5.41, 5.74) is 2.50. The maximum atomic E-state index is 6.59.